The topological polar surface area (TPSA) is 87.7 Å². The molecule has 0 heterocycles. The third-order valence-corrected chi connectivity index (χ3v) is 2.65. The molecule has 20 heavy (non-hydrogen) atoms. The first-order valence-corrected chi connectivity index (χ1v) is 5.99. The Bertz CT molecular complexity index is 493. The molecule has 0 fully saturated rings. The molecule has 0 aliphatic rings. The summed E-state index contributed by atoms with van der Waals surface area (Å²) in [6, 6.07) is 2.19. The molecule has 6 nitrogen and oxygen atoms in total. The molecule has 1 aromatic rings. The number of nitrogens with one attached hydrogen (secondary N) is 2. The number of benzene rings is 1. The number of aliphatic carboxylic acids is 1. The summed E-state index contributed by atoms with van der Waals surface area (Å²) in [4.78, 5) is 22.7. The highest BCUT2D eigenvalue weighted by molar-refractivity contribution is 5.92. The number of aryl methyl sites for hydroxylation is 1. The van der Waals surface area contributed by atoms with Gasteiger partial charge in [0.1, 0.15) is 11.9 Å². The lowest BCUT2D eigenvalue weighted by Gasteiger charge is -2.15. The summed E-state index contributed by atoms with van der Waals surface area (Å²) in [5.74, 6) is -1.55. The van der Waals surface area contributed by atoms with Crippen molar-refractivity contribution in [2.24, 2.45) is 0 Å². The molecule has 2 amide bonds. The van der Waals surface area contributed by atoms with Crippen molar-refractivity contribution in [2.45, 2.75) is 19.4 Å². The highest BCUT2D eigenvalue weighted by Crippen LogP contribution is 2.15. The molecule has 1 aromatic carbocycles. The van der Waals surface area contributed by atoms with Gasteiger partial charge in [0.2, 0.25) is 0 Å². The fourth-order valence-corrected chi connectivity index (χ4v) is 1.58. The standard InChI is InChI=1S/C13H17FN2O4/c1-8-7-9(14)3-4-10(8)15-13(19)16-11(12(17)18)5-6-20-2/h3-4,7,11H,5-6H2,1-2H3,(H,17,18)(H2,15,16,19). The first-order valence-electron chi connectivity index (χ1n) is 5.99. The molecule has 0 saturated carbocycles. The normalized spacial score (nSPS) is 11.8. The van der Waals surface area contributed by atoms with E-state index in [9.17, 15) is 14.0 Å². The third kappa shape index (κ3) is 4.85. The molecule has 0 bridgehead atoms. The van der Waals surface area contributed by atoms with Crippen LogP contribution >= 0.6 is 0 Å². The van der Waals surface area contributed by atoms with E-state index in [1.54, 1.807) is 6.92 Å². The summed E-state index contributed by atoms with van der Waals surface area (Å²) in [5, 5.41) is 13.8. The number of carbonyl (C=O) groups is 2. The number of rotatable bonds is 6. The van der Waals surface area contributed by atoms with Crippen LogP contribution in [-0.4, -0.2) is 36.9 Å². The number of anilines is 1. The van der Waals surface area contributed by atoms with E-state index in [0.29, 0.717) is 11.3 Å². The van der Waals surface area contributed by atoms with Gasteiger partial charge < -0.3 is 20.5 Å². The van der Waals surface area contributed by atoms with Gasteiger partial charge in [-0.25, -0.2) is 14.0 Å². The molecular weight excluding hydrogens is 267 g/mol. The second-order valence-electron chi connectivity index (χ2n) is 4.23. The van der Waals surface area contributed by atoms with Crippen LogP contribution in [0.2, 0.25) is 0 Å². The number of ether oxygens (including phenoxy) is 1. The van der Waals surface area contributed by atoms with E-state index in [2.05, 4.69) is 10.6 Å². The number of halogens is 1. The van der Waals surface area contributed by atoms with Crippen LogP contribution in [0.5, 0.6) is 0 Å². The monoisotopic (exact) mass is 284 g/mol. The van der Waals surface area contributed by atoms with Crippen LogP contribution in [0.25, 0.3) is 0 Å². The van der Waals surface area contributed by atoms with Crippen molar-refractivity contribution in [1.82, 2.24) is 5.32 Å². The first-order chi connectivity index (χ1) is 9.43. The second kappa shape index (κ2) is 7.44. The number of carbonyl (C=O) groups excluding carboxylic acids is 1. The number of carboxylic acid groups (broad SMARTS) is 1. The molecule has 1 atom stereocenters. The van der Waals surface area contributed by atoms with E-state index in [1.807, 2.05) is 0 Å². The molecular formula is C13H17FN2O4. The molecule has 3 N–H and O–H groups in total. The van der Waals surface area contributed by atoms with Gasteiger partial charge in [-0.2, -0.15) is 0 Å². The summed E-state index contributed by atoms with van der Waals surface area (Å²) in [7, 11) is 1.45. The van der Waals surface area contributed by atoms with E-state index in [1.165, 1.54) is 25.3 Å². The van der Waals surface area contributed by atoms with Crippen LogP contribution < -0.4 is 10.6 Å². The third-order valence-electron chi connectivity index (χ3n) is 2.65. The summed E-state index contributed by atoms with van der Waals surface area (Å²) in [5.41, 5.74) is 0.962. The zero-order chi connectivity index (χ0) is 15.1. The maximum absolute atomic E-state index is 12.9. The van der Waals surface area contributed by atoms with Gasteiger partial charge in [0.15, 0.2) is 0 Å². The average molecular weight is 284 g/mol. The lowest BCUT2D eigenvalue weighted by molar-refractivity contribution is -0.139. The van der Waals surface area contributed by atoms with Crippen molar-refractivity contribution in [3.8, 4) is 0 Å². The lowest BCUT2D eigenvalue weighted by Crippen LogP contribution is -2.43. The predicted octanol–water partition coefficient (Wildman–Crippen LogP) is 1.75. The van der Waals surface area contributed by atoms with Crippen molar-refractivity contribution in [3.63, 3.8) is 0 Å². The molecule has 110 valence electrons. The number of hydrogen-bond donors (Lipinski definition) is 3. The Labute approximate surface area is 115 Å². The quantitative estimate of drug-likeness (QED) is 0.742. The second-order valence-corrected chi connectivity index (χ2v) is 4.23. The molecule has 1 rings (SSSR count). The zero-order valence-electron chi connectivity index (χ0n) is 11.3. The van der Waals surface area contributed by atoms with E-state index < -0.39 is 23.9 Å². The Morgan fingerprint density at radius 1 is 1.45 bits per heavy atom. The maximum Gasteiger partial charge on any atom is 0.326 e. The van der Waals surface area contributed by atoms with Gasteiger partial charge in [-0.15, -0.1) is 0 Å². The fourth-order valence-electron chi connectivity index (χ4n) is 1.58. The summed E-state index contributed by atoms with van der Waals surface area (Å²) < 4.78 is 17.7. The molecule has 0 aliphatic carbocycles. The Morgan fingerprint density at radius 3 is 2.70 bits per heavy atom. The fraction of sp³-hybridized carbons (Fsp3) is 0.385. The van der Waals surface area contributed by atoms with Gasteiger partial charge in [0, 0.05) is 25.8 Å². The SMILES string of the molecule is COCCC(NC(=O)Nc1ccc(F)cc1C)C(=O)O. The van der Waals surface area contributed by atoms with Crippen molar-refractivity contribution in [3.05, 3.63) is 29.6 Å². The summed E-state index contributed by atoms with van der Waals surface area (Å²) in [6.45, 7) is 1.85. The van der Waals surface area contributed by atoms with Gasteiger partial charge >= 0.3 is 12.0 Å². The van der Waals surface area contributed by atoms with Crippen LogP contribution in [0.4, 0.5) is 14.9 Å². The highest BCUT2D eigenvalue weighted by Gasteiger charge is 2.19. The number of carboxylic acids is 1. The number of hydrogen-bond acceptors (Lipinski definition) is 3. The van der Waals surface area contributed by atoms with Crippen LogP contribution in [0, 0.1) is 12.7 Å². The van der Waals surface area contributed by atoms with Gasteiger partial charge in [0.25, 0.3) is 0 Å². The Kier molecular flexibility index (Phi) is 5.92. The molecule has 1 unspecified atom stereocenters. The zero-order valence-corrected chi connectivity index (χ0v) is 11.3. The Balaban J connectivity index is 2.63. The Hall–Kier alpha value is -2.15. The molecule has 0 aromatic heterocycles. The predicted molar refractivity (Wildman–Crippen MR) is 71.2 cm³/mol. The van der Waals surface area contributed by atoms with Gasteiger partial charge in [-0.05, 0) is 30.7 Å². The van der Waals surface area contributed by atoms with Crippen molar-refractivity contribution < 1.29 is 23.8 Å². The average Bonchev–Trinajstić information content (AvgIpc) is 2.37. The van der Waals surface area contributed by atoms with Crippen LogP contribution in [0.1, 0.15) is 12.0 Å². The lowest BCUT2D eigenvalue weighted by atomic mass is 10.2. The smallest absolute Gasteiger partial charge is 0.326 e. The molecule has 0 saturated heterocycles. The van der Waals surface area contributed by atoms with E-state index >= 15 is 0 Å². The minimum Gasteiger partial charge on any atom is -0.480 e. The number of urea groups is 1. The number of amides is 2. The van der Waals surface area contributed by atoms with Gasteiger partial charge in [-0.3, -0.25) is 0 Å². The molecule has 0 aliphatic heterocycles. The van der Waals surface area contributed by atoms with Gasteiger partial charge in [-0.1, -0.05) is 0 Å². The van der Waals surface area contributed by atoms with E-state index in [4.69, 9.17) is 9.84 Å². The first kappa shape index (κ1) is 15.9. The van der Waals surface area contributed by atoms with Crippen molar-refractivity contribution in [1.29, 1.82) is 0 Å². The highest BCUT2D eigenvalue weighted by atomic mass is 19.1. The number of methoxy groups -OCH3 is 1. The van der Waals surface area contributed by atoms with E-state index in [0.717, 1.165) is 0 Å². The maximum atomic E-state index is 12.9. The van der Waals surface area contributed by atoms with Crippen LogP contribution in [0.3, 0.4) is 0 Å². The van der Waals surface area contributed by atoms with Crippen LogP contribution in [0.15, 0.2) is 18.2 Å². The van der Waals surface area contributed by atoms with Gasteiger partial charge in [0.05, 0.1) is 0 Å². The largest absolute Gasteiger partial charge is 0.480 e. The molecule has 0 spiro atoms. The van der Waals surface area contributed by atoms with E-state index in [-0.39, 0.29) is 13.0 Å². The molecule has 0 radical (unpaired) electrons. The summed E-state index contributed by atoms with van der Waals surface area (Å²) in [6.07, 6.45) is 0.154. The minimum atomic E-state index is -1.15. The summed E-state index contributed by atoms with van der Waals surface area (Å²) >= 11 is 0. The molecule has 7 heteroatoms. The minimum absolute atomic E-state index is 0.154. The van der Waals surface area contributed by atoms with Crippen molar-refractivity contribution >= 4 is 17.7 Å². The van der Waals surface area contributed by atoms with Crippen LogP contribution in [-0.2, 0) is 9.53 Å². The van der Waals surface area contributed by atoms with Crippen molar-refractivity contribution in [2.75, 3.05) is 19.0 Å². The Morgan fingerprint density at radius 2 is 2.15 bits per heavy atom.